The smallest absolute Gasteiger partial charge is 0.106 e. The molecule has 1 N–H and O–H groups in total. The maximum Gasteiger partial charge on any atom is 0.106 e. The Hall–Kier alpha value is -13.2. The first-order valence-corrected chi connectivity index (χ1v) is 41.3. The monoisotopic (exact) mass is 2060 g/mol. The van der Waals surface area contributed by atoms with Crippen molar-refractivity contribution in [1.29, 1.82) is 0 Å². The number of fused-ring (bicyclic) bond motifs is 26. The Morgan fingerprint density at radius 1 is 0.432 bits per heavy atom. The minimum atomic E-state index is -0.375. The van der Waals surface area contributed by atoms with E-state index >= 15 is 0 Å². The second kappa shape index (κ2) is 38.7. The van der Waals surface area contributed by atoms with E-state index in [2.05, 4.69) is 241 Å². The molecule has 613 valence electrons. The molecule has 125 heavy (non-hydrogen) atoms. The number of aromatic nitrogens is 11. The van der Waals surface area contributed by atoms with Gasteiger partial charge in [-0.2, -0.15) is 0 Å². The molecule has 19 aromatic rings. The van der Waals surface area contributed by atoms with Crippen LogP contribution in [0.2, 0.25) is 0 Å². The molecular formula is C105H78BBiCuFIrN12O2P-3. The van der Waals surface area contributed by atoms with E-state index in [1.54, 1.807) is 6.33 Å². The van der Waals surface area contributed by atoms with Crippen LogP contribution in [0.25, 0.3) is 173 Å². The predicted octanol–water partition coefficient (Wildman–Crippen LogP) is 24.4. The molecule has 2 aliphatic heterocycles. The molecule has 0 saturated carbocycles. The molecule has 5 radical (unpaired) electrons. The maximum atomic E-state index is 10.6. The van der Waals surface area contributed by atoms with E-state index in [1.165, 1.54) is 91.9 Å². The number of rotatable bonds is 10. The minimum absolute atomic E-state index is 0. The fraction of sp³-hybridized carbons (Fsp3) is 0.0571. The number of carbonyl (C=O) groups is 1. The summed E-state index contributed by atoms with van der Waals surface area (Å²) in [4.78, 5) is 60.3. The molecule has 7 heterocycles. The summed E-state index contributed by atoms with van der Waals surface area (Å²) >= 11 is 0. The van der Waals surface area contributed by atoms with Crippen molar-refractivity contribution >= 4 is 131 Å². The van der Waals surface area contributed by atoms with Gasteiger partial charge in [-0.25, -0.2) is 19.3 Å². The molecule has 0 fully saturated rings. The third kappa shape index (κ3) is 18.0. The molecule has 14 nitrogen and oxygen atoms in total. The number of hydrogen-bond donors (Lipinski definition) is 1. The second-order valence-electron chi connectivity index (χ2n) is 29.9. The number of ketones is 1. The predicted molar refractivity (Wildman–Crippen MR) is 505 cm³/mol. The largest absolute Gasteiger partial charge is 0.357 e. The molecule has 0 spiro atoms. The van der Waals surface area contributed by atoms with Crippen LogP contribution in [-0.2, 0) is 47.4 Å². The number of aliphatic hydroxyl groups excluding tert-OH is 1. The summed E-state index contributed by atoms with van der Waals surface area (Å²) in [5, 5.41) is 14.5. The number of para-hydroxylation sites is 2. The van der Waals surface area contributed by atoms with E-state index in [-0.39, 0.29) is 95.2 Å². The van der Waals surface area contributed by atoms with E-state index in [1.807, 2.05) is 158 Å². The number of alkyl halides is 1. The van der Waals surface area contributed by atoms with Crippen LogP contribution in [0.4, 0.5) is 21.5 Å². The van der Waals surface area contributed by atoms with E-state index in [0.29, 0.717) is 45.9 Å². The normalized spacial score (nSPS) is 11.7. The number of carbonyl (C=O) groups excluding carboxylic acids is 1. The number of aliphatic hydroxyl groups is 1. The summed E-state index contributed by atoms with van der Waals surface area (Å²) in [6, 6.07) is 126. The van der Waals surface area contributed by atoms with Gasteiger partial charge in [-0.15, -0.1) is 44.4 Å². The van der Waals surface area contributed by atoms with Gasteiger partial charge in [0, 0.05) is 127 Å². The molecule has 3 aliphatic rings. The first-order valence-electron chi connectivity index (χ1n) is 40.0. The average Bonchev–Trinajstić information content (AvgIpc) is 1.32. The molecule has 1 atom stereocenters. The van der Waals surface area contributed by atoms with Gasteiger partial charge >= 0.3 is 26.2 Å². The summed E-state index contributed by atoms with van der Waals surface area (Å²) in [5.41, 5.74) is 26.8. The minimum Gasteiger partial charge on any atom is -0.357 e. The van der Waals surface area contributed by atoms with E-state index in [4.69, 9.17) is 45.0 Å². The van der Waals surface area contributed by atoms with Crippen LogP contribution < -0.4 is 14.9 Å². The van der Waals surface area contributed by atoms with Gasteiger partial charge < -0.3 is 44.5 Å². The maximum absolute atomic E-state index is 10.6. The number of halogens is 1. The molecular weight excluding hydrogens is 1990 g/mol. The molecule has 20 heteroatoms. The number of anilines is 3. The van der Waals surface area contributed by atoms with E-state index in [9.17, 15) is 9.18 Å². The Morgan fingerprint density at radius 3 is 1.31 bits per heavy atom. The van der Waals surface area contributed by atoms with Crippen LogP contribution in [0, 0.1) is 6.07 Å². The van der Waals surface area contributed by atoms with Crippen molar-refractivity contribution in [1.82, 2.24) is 54.4 Å². The van der Waals surface area contributed by atoms with Gasteiger partial charge in [-0.1, -0.05) is 275 Å². The van der Waals surface area contributed by atoms with Crippen LogP contribution in [0.1, 0.15) is 38.8 Å². The number of hydrogen-bond acceptors (Lipinski definition) is 11. The van der Waals surface area contributed by atoms with Gasteiger partial charge in [0.25, 0.3) is 0 Å². The van der Waals surface area contributed by atoms with Gasteiger partial charge in [0.2, 0.25) is 0 Å². The average molecular weight is 2070 g/mol. The Kier molecular flexibility index (Phi) is 26.9. The Balaban J connectivity index is 0.000000147. The van der Waals surface area contributed by atoms with Crippen LogP contribution in [0.5, 0.6) is 0 Å². The van der Waals surface area contributed by atoms with Crippen molar-refractivity contribution in [3.63, 3.8) is 0 Å². The number of allylic oxidation sites excluding steroid dienone is 2. The summed E-state index contributed by atoms with van der Waals surface area (Å²) in [6.07, 6.45) is 2.39. The standard InChI is InChI=1S/C51H38N2.C32H16N8.C16H11N2.C5H8O2.CH3BFP.Bi.Cu.Ir.2H/c1-51(2)47-19-11-9-17-43(47)44-31-30-42(34-48(44)51)52(40-26-21-36(22-27-40)35-13-5-3-6-14-35)41-28-23-37(24-29-41)38-25-32-50-46(33-38)45-18-10-12-20-49(45)53(50)39-15-7-4-8-16-39;1-2-10-18-17(9-1)25-33-26(18)38-28-21-13-5-6-14-22(21)30(35-28)40-32-24-16-8-7-15-23(24)31(36-32)39-29-20-12-4-3-11-19(20)27(34-29)37-25;1-3-7-13(8-4-1)15-11-16(18-12-17-15)14-9-5-2-6-10-14;1-4(6)3-5(2)7;2-4-1-3;;;;;/h3-34H,1-2H3;1-16H;1-9,11-12H;3,6H,1-2H3;4H,1H2;;;;;/q;-2;-1;;;;;;;. The summed E-state index contributed by atoms with van der Waals surface area (Å²) < 4.78 is 13.0. The summed E-state index contributed by atoms with van der Waals surface area (Å²) in [7, 11) is 4.65. The Morgan fingerprint density at radius 2 is 0.832 bits per heavy atom. The van der Waals surface area contributed by atoms with Crippen LogP contribution >= 0.6 is 8.46 Å². The third-order valence-electron chi connectivity index (χ3n) is 21.7. The van der Waals surface area contributed by atoms with Crippen molar-refractivity contribution in [3.8, 4) is 107 Å². The zero-order valence-electron chi connectivity index (χ0n) is 68.2. The fourth-order valence-electron chi connectivity index (χ4n) is 16.1. The van der Waals surface area contributed by atoms with Crippen LogP contribution in [0.3, 0.4) is 0 Å². The van der Waals surface area contributed by atoms with Crippen molar-refractivity contribution in [2.75, 3.05) is 11.3 Å². The first kappa shape index (κ1) is 86.7. The molecule has 8 bridgehead atoms. The Bertz CT molecular complexity index is 6970. The molecule has 14 aromatic carbocycles. The van der Waals surface area contributed by atoms with Crippen molar-refractivity contribution in [2.24, 2.45) is 0 Å². The van der Waals surface area contributed by atoms with Crippen molar-refractivity contribution in [2.45, 2.75) is 33.1 Å². The van der Waals surface area contributed by atoms with Gasteiger partial charge in [0.1, 0.15) is 13.9 Å². The zero-order chi connectivity index (χ0) is 83.2. The molecule has 1 unspecified atom stereocenters. The van der Waals surface area contributed by atoms with Gasteiger partial charge in [-0.05, 0) is 158 Å². The molecule has 5 aromatic heterocycles. The molecule has 0 saturated heterocycles. The number of benzene rings is 14. The Labute approximate surface area is 769 Å². The summed E-state index contributed by atoms with van der Waals surface area (Å²) in [6.45, 7) is 7.55. The molecule has 22 rings (SSSR count). The van der Waals surface area contributed by atoms with Gasteiger partial charge in [0.05, 0.1) is 52.2 Å². The number of nitrogens with zero attached hydrogens (tertiary/aromatic N) is 12. The topological polar surface area (TPSA) is 177 Å². The van der Waals surface area contributed by atoms with Gasteiger partial charge in [-0.3, -0.25) is 9.78 Å². The second-order valence-corrected chi connectivity index (χ2v) is 30.6. The quantitative estimate of drug-likeness (QED) is 0.0450. The molecule has 1 aliphatic carbocycles. The zero-order valence-corrected chi connectivity index (χ0v) is 77.1. The van der Waals surface area contributed by atoms with Crippen LogP contribution in [0.15, 0.2) is 370 Å². The SMILES string of the molecule is CC(=O)C=C(C)O.CC1(C)c2ccccc2-c2ccc(N(c3ccc(-c4ccccc4)cc3)c3ccc(-c4ccc5c(c4)c4ccccc4n5-c4ccccc4)cc3)cc21.[B]PCF.[BiH2].[Cu].[Ir].[c-]1ccccc1-c1cc(-c2ccccc2)ncn1.c1ccc2c(c1)-c1nc-2nc2[n-]c(nc3nc(nc4[n-]c(n1)c1ccccc41)-c1ccccc1-3)c1ccccc21. The van der Waals surface area contributed by atoms with E-state index in [0.717, 1.165) is 83.4 Å². The fourth-order valence-corrected chi connectivity index (χ4v) is 16.1. The van der Waals surface area contributed by atoms with Gasteiger partial charge in [0.15, 0.2) is 5.78 Å². The summed E-state index contributed by atoms with van der Waals surface area (Å²) in [5.74, 6) is 2.15. The van der Waals surface area contributed by atoms with Crippen molar-refractivity contribution in [3.05, 3.63) is 387 Å². The van der Waals surface area contributed by atoms with Crippen molar-refractivity contribution < 1.29 is 51.5 Å². The molecule has 0 amide bonds. The van der Waals surface area contributed by atoms with Crippen LogP contribution in [-0.4, -0.2) is 95.5 Å². The first-order chi connectivity index (χ1) is 59.8. The van der Waals surface area contributed by atoms with E-state index < -0.39 is 0 Å². The third-order valence-corrected chi connectivity index (χ3v) is 21.9.